The lowest BCUT2D eigenvalue weighted by molar-refractivity contribution is -0.122. The van der Waals surface area contributed by atoms with Gasteiger partial charge in [-0.1, -0.05) is 36.9 Å². The minimum Gasteiger partial charge on any atom is -0.355 e. The molecule has 1 fully saturated rings. The van der Waals surface area contributed by atoms with Crippen LogP contribution < -0.4 is 5.32 Å². The van der Waals surface area contributed by atoms with Gasteiger partial charge < -0.3 is 10.2 Å². The summed E-state index contributed by atoms with van der Waals surface area (Å²) >= 11 is 1.50. The number of pyridine rings is 1. The molecule has 3 rings (SSSR count). The number of carbonyl (C=O) groups excluding carboxylic acids is 2. The molecule has 1 aliphatic rings. The van der Waals surface area contributed by atoms with Gasteiger partial charge in [0.25, 0.3) is 5.91 Å². The van der Waals surface area contributed by atoms with E-state index in [9.17, 15) is 9.59 Å². The normalized spacial score (nSPS) is 14.7. The number of carbonyl (C=O) groups is 2. The van der Waals surface area contributed by atoms with Crippen molar-refractivity contribution in [1.29, 1.82) is 0 Å². The molecule has 1 aliphatic heterocycles. The van der Waals surface area contributed by atoms with Gasteiger partial charge in [-0.15, -0.1) is 0 Å². The van der Waals surface area contributed by atoms with E-state index in [1.54, 1.807) is 12.3 Å². The SMILES string of the molecule is CCCNC(=O)CN1CCN(C(=O)c2cccnc2Sc2ccccc2)CC1. The van der Waals surface area contributed by atoms with E-state index in [0.717, 1.165) is 16.3 Å². The molecular formula is C21H26N4O2S. The summed E-state index contributed by atoms with van der Waals surface area (Å²) in [6.07, 6.45) is 2.65. The van der Waals surface area contributed by atoms with E-state index in [4.69, 9.17) is 0 Å². The molecule has 0 unspecified atom stereocenters. The van der Waals surface area contributed by atoms with Crippen LogP contribution >= 0.6 is 11.8 Å². The molecule has 28 heavy (non-hydrogen) atoms. The van der Waals surface area contributed by atoms with E-state index in [1.165, 1.54) is 11.8 Å². The molecular weight excluding hydrogens is 372 g/mol. The highest BCUT2D eigenvalue weighted by atomic mass is 32.2. The highest BCUT2D eigenvalue weighted by Crippen LogP contribution is 2.29. The van der Waals surface area contributed by atoms with Crippen molar-refractivity contribution < 1.29 is 9.59 Å². The van der Waals surface area contributed by atoms with Crippen LogP contribution in [-0.4, -0.2) is 65.9 Å². The van der Waals surface area contributed by atoms with Crippen molar-refractivity contribution in [1.82, 2.24) is 20.1 Å². The predicted octanol–water partition coefficient (Wildman–Crippen LogP) is 2.52. The summed E-state index contributed by atoms with van der Waals surface area (Å²) in [4.78, 5) is 34.4. The molecule has 7 heteroatoms. The first-order valence-electron chi connectivity index (χ1n) is 9.63. The lowest BCUT2D eigenvalue weighted by Gasteiger charge is -2.34. The number of hydrogen-bond acceptors (Lipinski definition) is 5. The number of rotatable bonds is 7. The van der Waals surface area contributed by atoms with E-state index in [1.807, 2.05) is 48.2 Å². The third-order valence-electron chi connectivity index (χ3n) is 4.56. The Kier molecular flexibility index (Phi) is 7.45. The molecule has 0 atom stereocenters. The average molecular weight is 399 g/mol. The van der Waals surface area contributed by atoms with Crippen LogP contribution in [0.5, 0.6) is 0 Å². The molecule has 1 aromatic carbocycles. The minimum atomic E-state index is 0.00150. The number of nitrogens with one attached hydrogen (secondary N) is 1. The van der Waals surface area contributed by atoms with E-state index in [2.05, 4.69) is 15.2 Å². The van der Waals surface area contributed by atoms with Crippen LogP contribution in [0.2, 0.25) is 0 Å². The Hall–Kier alpha value is -2.38. The largest absolute Gasteiger partial charge is 0.355 e. The zero-order valence-corrected chi connectivity index (χ0v) is 17.0. The second-order valence-electron chi connectivity index (χ2n) is 6.69. The van der Waals surface area contributed by atoms with Crippen molar-refractivity contribution in [3.63, 3.8) is 0 Å². The standard InChI is InChI=1S/C21H26N4O2S/c1-2-10-22-19(26)16-24-12-14-25(15-13-24)21(27)18-9-6-11-23-20(18)28-17-7-4-3-5-8-17/h3-9,11H,2,10,12-16H2,1H3,(H,22,26). The molecule has 0 saturated carbocycles. The Labute approximate surface area is 170 Å². The first kappa shape index (κ1) is 20.4. The number of nitrogens with zero attached hydrogens (tertiary/aromatic N) is 3. The van der Waals surface area contributed by atoms with Gasteiger partial charge in [0, 0.05) is 43.8 Å². The van der Waals surface area contributed by atoms with Crippen LogP contribution in [0.3, 0.4) is 0 Å². The third kappa shape index (κ3) is 5.56. The highest BCUT2D eigenvalue weighted by Gasteiger charge is 2.25. The van der Waals surface area contributed by atoms with Crippen molar-refractivity contribution in [2.75, 3.05) is 39.3 Å². The molecule has 2 amide bonds. The highest BCUT2D eigenvalue weighted by molar-refractivity contribution is 7.99. The van der Waals surface area contributed by atoms with Gasteiger partial charge in [0.15, 0.2) is 0 Å². The lowest BCUT2D eigenvalue weighted by atomic mass is 10.2. The summed E-state index contributed by atoms with van der Waals surface area (Å²) in [6, 6.07) is 13.6. The maximum atomic E-state index is 13.1. The van der Waals surface area contributed by atoms with Crippen LogP contribution in [0.4, 0.5) is 0 Å². The smallest absolute Gasteiger partial charge is 0.256 e. The van der Waals surface area contributed by atoms with Gasteiger partial charge in [0.2, 0.25) is 5.91 Å². The molecule has 1 N–H and O–H groups in total. The summed E-state index contributed by atoms with van der Waals surface area (Å²) in [7, 11) is 0. The fourth-order valence-corrected chi connectivity index (χ4v) is 3.93. The minimum absolute atomic E-state index is 0.00150. The molecule has 0 radical (unpaired) electrons. The molecule has 0 spiro atoms. The predicted molar refractivity (Wildman–Crippen MR) is 110 cm³/mol. The Balaban J connectivity index is 1.59. The summed E-state index contributed by atoms with van der Waals surface area (Å²) in [5, 5.41) is 3.62. The second kappa shape index (κ2) is 10.2. The van der Waals surface area contributed by atoms with Crippen molar-refractivity contribution in [2.24, 2.45) is 0 Å². The molecule has 2 heterocycles. The van der Waals surface area contributed by atoms with Gasteiger partial charge in [0.05, 0.1) is 12.1 Å². The van der Waals surface area contributed by atoms with E-state index < -0.39 is 0 Å². The molecule has 2 aromatic rings. The lowest BCUT2D eigenvalue weighted by Crippen LogP contribution is -2.51. The molecule has 0 bridgehead atoms. The van der Waals surface area contributed by atoms with Crippen LogP contribution in [0.1, 0.15) is 23.7 Å². The summed E-state index contributed by atoms with van der Waals surface area (Å²) in [6.45, 7) is 5.77. The second-order valence-corrected chi connectivity index (χ2v) is 7.75. The monoisotopic (exact) mass is 398 g/mol. The fourth-order valence-electron chi connectivity index (χ4n) is 3.04. The number of aromatic nitrogens is 1. The number of benzene rings is 1. The Morgan fingerprint density at radius 1 is 1.07 bits per heavy atom. The summed E-state index contributed by atoms with van der Waals surface area (Å²) in [5.41, 5.74) is 0.630. The van der Waals surface area contributed by atoms with Crippen molar-refractivity contribution >= 4 is 23.6 Å². The van der Waals surface area contributed by atoms with Crippen LogP contribution in [0, 0.1) is 0 Å². The Morgan fingerprint density at radius 2 is 1.82 bits per heavy atom. The van der Waals surface area contributed by atoms with E-state index in [0.29, 0.717) is 44.8 Å². The van der Waals surface area contributed by atoms with Gasteiger partial charge in [-0.25, -0.2) is 4.98 Å². The van der Waals surface area contributed by atoms with Crippen molar-refractivity contribution in [3.8, 4) is 0 Å². The first-order valence-corrected chi connectivity index (χ1v) is 10.4. The van der Waals surface area contributed by atoms with Gasteiger partial charge in [-0.05, 0) is 30.7 Å². The van der Waals surface area contributed by atoms with Gasteiger partial charge in [0.1, 0.15) is 5.03 Å². The topological polar surface area (TPSA) is 65.5 Å². The number of hydrogen-bond donors (Lipinski definition) is 1. The quantitative estimate of drug-likeness (QED) is 0.776. The Bertz CT molecular complexity index is 792. The van der Waals surface area contributed by atoms with Gasteiger partial charge >= 0.3 is 0 Å². The average Bonchev–Trinajstić information content (AvgIpc) is 2.73. The molecule has 148 valence electrons. The summed E-state index contributed by atoms with van der Waals surface area (Å²) < 4.78 is 0. The third-order valence-corrected chi connectivity index (χ3v) is 5.58. The number of amides is 2. The maximum Gasteiger partial charge on any atom is 0.256 e. The van der Waals surface area contributed by atoms with Crippen molar-refractivity contribution in [2.45, 2.75) is 23.3 Å². The van der Waals surface area contributed by atoms with Crippen LogP contribution in [0.15, 0.2) is 58.6 Å². The van der Waals surface area contributed by atoms with Crippen LogP contribution in [-0.2, 0) is 4.79 Å². The first-order chi connectivity index (χ1) is 13.7. The zero-order valence-electron chi connectivity index (χ0n) is 16.1. The maximum absolute atomic E-state index is 13.1. The van der Waals surface area contributed by atoms with E-state index in [-0.39, 0.29) is 11.8 Å². The molecule has 6 nitrogen and oxygen atoms in total. The summed E-state index contributed by atoms with van der Waals surface area (Å²) in [5.74, 6) is 0.0528. The fraction of sp³-hybridized carbons (Fsp3) is 0.381. The molecule has 0 aliphatic carbocycles. The van der Waals surface area contributed by atoms with Gasteiger partial charge in [-0.3, -0.25) is 14.5 Å². The van der Waals surface area contributed by atoms with E-state index >= 15 is 0 Å². The molecule has 1 saturated heterocycles. The van der Waals surface area contributed by atoms with Crippen molar-refractivity contribution in [3.05, 3.63) is 54.2 Å². The number of piperazine rings is 1. The van der Waals surface area contributed by atoms with Gasteiger partial charge in [-0.2, -0.15) is 0 Å². The molecule has 1 aromatic heterocycles. The van der Waals surface area contributed by atoms with Crippen LogP contribution in [0.25, 0.3) is 0 Å². The zero-order chi connectivity index (χ0) is 19.8. The Morgan fingerprint density at radius 3 is 2.54 bits per heavy atom.